The molecule has 1 N–H and O–H groups in total. The van der Waals surface area contributed by atoms with E-state index in [0.717, 1.165) is 42.4 Å². The van der Waals surface area contributed by atoms with Crippen molar-refractivity contribution in [2.45, 2.75) is 69.7 Å². The number of aryl methyl sites for hydroxylation is 2. The number of likely N-dealkylation sites (tertiary alicyclic amines) is 1. The van der Waals surface area contributed by atoms with Crippen molar-refractivity contribution in [3.8, 4) is 29.0 Å². The Morgan fingerprint density at radius 3 is 2.73 bits per heavy atom. The molecule has 2 saturated carbocycles. The minimum absolute atomic E-state index is 0.00792. The first kappa shape index (κ1) is 33.1. The highest BCUT2D eigenvalue weighted by molar-refractivity contribution is 6.43. The van der Waals surface area contributed by atoms with Gasteiger partial charge in [0.2, 0.25) is 5.91 Å². The quantitative estimate of drug-likeness (QED) is 0.172. The Morgan fingerprint density at radius 2 is 2.00 bits per heavy atom. The van der Waals surface area contributed by atoms with Crippen molar-refractivity contribution in [3.63, 3.8) is 0 Å². The molecule has 5 aliphatic rings. The van der Waals surface area contributed by atoms with E-state index >= 15 is 4.39 Å². The molecule has 5 unspecified atom stereocenters. The van der Waals surface area contributed by atoms with Crippen molar-refractivity contribution in [2.24, 2.45) is 11.8 Å². The van der Waals surface area contributed by atoms with Crippen LogP contribution in [-0.4, -0.2) is 50.6 Å². The molecule has 262 valence electrons. The number of carbonyl (C=O) groups excluding carboxylic acids is 1. The highest BCUT2D eigenvalue weighted by Crippen LogP contribution is 2.51. The Kier molecular flexibility index (Phi) is 8.11. The molecule has 3 aromatic heterocycles. The first-order valence-corrected chi connectivity index (χ1v) is 18.5. The molecule has 10 rings (SSSR count). The van der Waals surface area contributed by atoms with E-state index in [2.05, 4.69) is 33.1 Å². The number of hydrogen-bond acceptors (Lipinski definition) is 7. The van der Waals surface area contributed by atoms with Crippen LogP contribution in [-0.2, 0) is 11.2 Å². The summed E-state index contributed by atoms with van der Waals surface area (Å²) in [7, 11) is 0. The van der Waals surface area contributed by atoms with E-state index in [9.17, 15) is 15.3 Å². The number of halogens is 3. The molecule has 5 atom stereocenters. The number of nitrogens with zero attached hydrogens (tertiary/aromatic N) is 6. The summed E-state index contributed by atoms with van der Waals surface area (Å²) in [5.41, 5.74) is 4.55. The van der Waals surface area contributed by atoms with Gasteiger partial charge in [0.25, 0.3) is 0 Å². The van der Waals surface area contributed by atoms with Crippen molar-refractivity contribution in [1.29, 1.82) is 10.5 Å². The SMILES string of the molecule is Cc1nc2c(F)c(-c3cccc(Cl)c3Cl)c(CCC#N)cc2c2c1cc(C1CC(Oc3cnccc3C#N)CN1C(=O)C1CC1)n2C1C2CNC1C2. The number of benzene rings is 2. The first-order chi connectivity index (χ1) is 25.3. The molecule has 2 aliphatic carbocycles. The highest BCUT2D eigenvalue weighted by atomic mass is 35.5. The van der Waals surface area contributed by atoms with Crippen LogP contribution in [0.4, 0.5) is 4.39 Å². The molecular formula is C40H34Cl2FN7O2. The molecule has 2 aromatic carbocycles. The molecule has 3 aliphatic heterocycles. The van der Waals surface area contributed by atoms with Crippen molar-refractivity contribution >= 4 is 50.9 Å². The lowest BCUT2D eigenvalue weighted by molar-refractivity contribution is -0.133. The zero-order chi connectivity index (χ0) is 35.8. The lowest BCUT2D eigenvalue weighted by Crippen LogP contribution is -2.41. The Labute approximate surface area is 309 Å². The average molecular weight is 735 g/mol. The highest BCUT2D eigenvalue weighted by Gasteiger charge is 2.51. The van der Waals surface area contributed by atoms with Gasteiger partial charge in [-0.2, -0.15) is 10.5 Å². The largest absolute Gasteiger partial charge is 0.485 e. The molecule has 6 heterocycles. The second kappa shape index (κ2) is 12.7. The Balaban J connectivity index is 1.26. The maximum absolute atomic E-state index is 17.2. The van der Waals surface area contributed by atoms with Crippen LogP contribution in [0, 0.1) is 47.2 Å². The summed E-state index contributed by atoms with van der Waals surface area (Å²) < 4.78 is 26.0. The molecule has 0 spiro atoms. The van der Waals surface area contributed by atoms with Crippen molar-refractivity contribution in [1.82, 2.24) is 24.8 Å². The Morgan fingerprint density at radius 1 is 1.15 bits per heavy atom. The summed E-state index contributed by atoms with van der Waals surface area (Å²) in [4.78, 5) is 25.0. The Bertz CT molecular complexity index is 2380. The topological polar surface area (TPSA) is 120 Å². The number of pyridine rings is 2. The van der Waals surface area contributed by atoms with Crippen LogP contribution in [0.25, 0.3) is 32.9 Å². The van der Waals surface area contributed by atoms with E-state index in [1.807, 2.05) is 17.9 Å². The number of hydrogen-bond donors (Lipinski definition) is 1. The van der Waals surface area contributed by atoms with Gasteiger partial charge in [0.1, 0.15) is 17.7 Å². The van der Waals surface area contributed by atoms with Crippen molar-refractivity contribution in [3.05, 3.63) is 87.2 Å². The summed E-state index contributed by atoms with van der Waals surface area (Å²) >= 11 is 13.1. The zero-order valence-corrected chi connectivity index (χ0v) is 29.9. The molecule has 2 bridgehead atoms. The van der Waals surface area contributed by atoms with Gasteiger partial charge < -0.3 is 19.5 Å². The van der Waals surface area contributed by atoms with Gasteiger partial charge >= 0.3 is 0 Å². The summed E-state index contributed by atoms with van der Waals surface area (Å²) in [5, 5.41) is 25.1. The summed E-state index contributed by atoms with van der Waals surface area (Å²) in [6.45, 7) is 3.17. The third-order valence-corrected chi connectivity index (χ3v) is 12.3. The van der Waals surface area contributed by atoms with Gasteiger partial charge in [0, 0.05) is 70.8 Å². The second-order valence-electron chi connectivity index (χ2n) is 14.5. The fourth-order valence-corrected chi connectivity index (χ4v) is 9.21. The smallest absolute Gasteiger partial charge is 0.226 e. The molecule has 0 radical (unpaired) electrons. The van der Waals surface area contributed by atoms with Gasteiger partial charge in [-0.1, -0.05) is 35.3 Å². The summed E-state index contributed by atoms with van der Waals surface area (Å²) in [6, 6.07) is 15.3. The predicted octanol–water partition coefficient (Wildman–Crippen LogP) is 8.00. The normalized spacial score (nSPS) is 23.5. The van der Waals surface area contributed by atoms with Gasteiger partial charge in [-0.3, -0.25) is 9.78 Å². The minimum Gasteiger partial charge on any atom is -0.485 e. The maximum Gasteiger partial charge on any atom is 0.226 e. The van der Waals surface area contributed by atoms with Crippen molar-refractivity contribution < 1.29 is 13.9 Å². The first-order valence-electron chi connectivity index (χ1n) is 17.8. The molecule has 52 heavy (non-hydrogen) atoms. The monoisotopic (exact) mass is 733 g/mol. The number of ether oxygens (including phenoxy) is 1. The average Bonchev–Trinajstić information content (AvgIpc) is 3.43. The third-order valence-electron chi connectivity index (χ3n) is 11.4. The number of carbonyl (C=O) groups is 1. The van der Waals surface area contributed by atoms with E-state index < -0.39 is 5.82 Å². The maximum atomic E-state index is 17.2. The van der Waals surface area contributed by atoms with Crippen LogP contribution < -0.4 is 10.1 Å². The molecular weight excluding hydrogens is 700 g/mol. The van der Waals surface area contributed by atoms with Crippen LogP contribution in [0.15, 0.2) is 48.8 Å². The standard InChI is InChI=1S/C40H34Cl2FN7O2/c1-20-27-15-32(31-14-25(19-49(31)40(51)21-7-8-21)52-33-18-46-11-9-23(33)16-45)50(38-24-13-30(38)47-17-24)39(27)28-12-22(4-3-10-44)34(36(43)37(28)48-20)26-5-2-6-29(41)35(26)42/h2,5-6,9,11-12,15,18,21,24-25,30-31,38,47H,3-4,7-8,13-14,17,19H2,1H3. The molecule has 12 heteroatoms. The van der Waals surface area contributed by atoms with E-state index in [0.29, 0.717) is 69.4 Å². The van der Waals surface area contributed by atoms with Gasteiger partial charge in [-0.25, -0.2) is 9.37 Å². The van der Waals surface area contributed by atoms with Gasteiger partial charge in [-0.05, 0) is 68.4 Å². The second-order valence-corrected chi connectivity index (χ2v) is 15.3. The summed E-state index contributed by atoms with van der Waals surface area (Å²) in [6.07, 6.45) is 6.56. The summed E-state index contributed by atoms with van der Waals surface area (Å²) in [5.74, 6) is 0.379. The van der Waals surface area contributed by atoms with Crippen LogP contribution in [0.2, 0.25) is 10.0 Å². The third kappa shape index (κ3) is 5.23. The van der Waals surface area contributed by atoms with Crippen LogP contribution >= 0.6 is 23.2 Å². The predicted molar refractivity (Wildman–Crippen MR) is 195 cm³/mol. The fourth-order valence-electron chi connectivity index (χ4n) is 8.82. The fraction of sp³-hybridized carbons (Fsp3) is 0.375. The Hall–Kier alpha value is -4.74. The zero-order valence-electron chi connectivity index (χ0n) is 28.4. The van der Waals surface area contributed by atoms with Gasteiger partial charge in [0.15, 0.2) is 11.6 Å². The van der Waals surface area contributed by atoms with Crippen LogP contribution in [0.5, 0.6) is 5.75 Å². The molecule has 9 nitrogen and oxygen atoms in total. The molecule has 5 aromatic rings. The van der Waals surface area contributed by atoms with E-state index in [-0.39, 0.29) is 53.0 Å². The number of fused-ring (bicyclic) bond motifs is 4. The molecule has 3 saturated heterocycles. The van der Waals surface area contributed by atoms with E-state index in [1.54, 1.807) is 36.7 Å². The number of nitrogens with one attached hydrogen (secondary N) is 1. The lowest BCUT2D eigenvalue weighted by Gasteiger charge is -2.39. The van der Waals surface area contributed by atoms with Gasteiger partial charge in [0.05, 0.1) is 52.0 Å². The number of amides is 1. The van der Waals surface area contributed by atoms with Crippen molar-refractivity contribution in [2.75, 3.05) is 13.1 Å². The number of nitriles is 2. The number of rotatable bonds is 8. The van der Waals surface area contributed by atoms with E-state index in [4.69, 9.17) is 32.9 Å². The van der Waals surface area contributed by atoms with Crippen LogP contribution in [0.3, 0.4) is 0 Å². The molecule has 1 amide bonds. The van der Waals surface area contributed by atoms with E-state index in [1.165, 1.54) is 0 Å². The lowest BCUT2D eigenvalue weighted by atomic mass is 9.79. The van der Waals surface area contributed by atoms with Crippen LogP contribution in [0.1, 0.15) is 66.7 Å². The minimum atomic E-state index is -0.506. The van der Waals surface area contributed by atoms with Gasteiger partial charge in [-0.15, -0.1) is 0 Å². The molecule has 5 fully saturated rings. The number of aromatic nitrogens is 3.